The molecule has 0 radical (unpaired) electrons. The number of carboxylic acid groups (broad SMARTS) is 1. The fraction of sp³-hybridized carbons (Fsp3) is 0.773. The van der Waals surface area contributed by atoms with Gasteiger partial charge in [-0.05, 0) is 63.0 Å². The van der Waals surface area contributed by atoms with Crippen LogP contribution < -0.4 is 38.9 Å². The molecule has 12 N–H and O–H groups in total. The van der Waals surface area contributed by atoms with Gasteiger partial charge in [0, 0.05) is 6.54 Å². The number of aliphatic imine (C=N–C) groups is 1. The van der Waals surface area contributed by atoms with Crippen molar-refractivity contribution in [3.63, 3.8) is 0 Å². The second kappa shape index (κ2) is 18.7. The third-order valence-corrected chi connectivity index (χ3v) is 6.00. The Labute approximate surface area is 217 Å². The van der Waals surface area contributed by atoms with Crippen molar-refractivity contribution < 1.29 is 24.3 Å². The summed E-state index contributed by atoms with van der Waals surface area (Å²) >= 11 is 1.48. The number of guanidine groups is 1. The molecule has 0 aliphatic heterocycles. The highest BCUT2D eigenvalue weighted by Crippen LogP contribution is 2.08. The number of carboxylic acids is 1. The predicted molar refractivity (Wildman–Crippen MR) is 142 cm³/mol. The first-order valence-corrected chi connectivity index (χ1v) is 13.5. The lowest BCUT2D eigenvalue weighted by Crippen LogP contribution is -2.57. The average molecular weight is 533 g/mol. The highest BCUT2D eigenvalue weighted by Gasteiger charge is 2.31. The fourth-order valence-electron chi connectivity index (χ4n) is 3.24. The Morgan fingerprint density at radius 1 is 0.889 bits per heavy atom. The van der Waals surface area contributed by atoms with Gasteiger partial charge in [-0.2, -0.15) is 11.8 Å². The number of hydrogen-bond acceptors (Lipinski definition) is 8. The zero-order chi connectivity index (χ0) is 27.7. The Morgan fingerprint density at radius 2 is 1.47 bits per heavy atom. The van der Waals surface area contributed by atoms with Crippen LogP contribution in [0.25, 0.3) is 0 Å². The van der Waals surface area contributed by atoms with Crippen LogP contribution in [0, 0.1) is 5.92 Å². The van der Waals surface area contributed by atoms with Crippen LogP contribution >= 0.6 is 11.8 Å². The molecule has 14 heteroatoms. The van der Waals surface area contributed by atoms with Gasteiger partial charge in [0.05, 0.1) is 6.04 Å². The molecule has 0 aromatic heterocycles. The van der Waals surface area contributed by atoms with Gasteiger partial charge in [-0.3, -0.25) is 19.4 Å². The van der Waals surface area contributed by atoms with Gasteiger partial charge in [-0.1, -0.05) is 13.8 Å². The second-order valence-corrected chi connectivity index (χ2v) is 9.80. The Balaban J connectivity index is 5.38. The van der Waals surface area contributed by atoms with E-state index in [1.54, 1.807) is 13.8 Å². The summed E-state index contributed by atoms with van der Waals surface area (Å²) in [5.41, 5.74) is 22.1. The van der Waals surface area contributed by atoms with E-state index in [1.807, 2.05) is 6.26 Å². The van der Waals surface area contributed by atoms with Gasteiger partial charge in [0.1, 0.15) is 18.1 Å². The van der Waals surface area contributed by atoms with Crippen LogP contribution in [0.3, 0.4) is 0 Å². The Morgan fingerprint density at radius 3 is 2.00 bits per heavy atom. The van der Waals surface area contributed by atoms with Gasteiger partial charge in [0.25, 0.3) is 0 Å². The minimum atomic E-state index is -1.16. The lowest BCUT2D eigenvalue weighted by atomic mass is 10.0. The van der Waals surface area contributed by atoms with Crippen LogP contribution in [-0.2, 0) is 19.2 Å². The van der Waals surface area contributed by atoms with E-state index in [-0.39, 0.29) is 18.3 Å². The molecule has 0 heterocycles. The van der Waals surface area contributed by atoms with E-state index in [2.05, 4.69) is 20.9 Å². The minimum Gasteiger partial charge on any atom is -0.480 e. The van der Waals surface area contributed by atoms with Crippen LogP contribution in [0.2, 0.25) is 0 Å². The molecule has 4 atom stereocenters. The van der Waals surface area contributed by atoms with Crippen molar-refractivity contribution in [2.45, 2.75) is 76.5 Å². The van der Waals surface area contributed by atoms with Gasteiger partial charge in [0.15, 0.2) is 5.96 Å². The largest absolute Gasteiger partial charge is 0.480 e. The van der Waals surface area contributed by atoms with Crippen molar-refractivity contribution in [2.75, 3.05) is 25.1 Å². The molecule has 4 unspecified atom stereocenters. The summed E-state index contributed by atoms with van der Waals surface area (Å²) in [6.45, 7) is 4.11. The number of carbonyl (C=O) groups is 4. The topological polar surface area (TPSA) is 241 Å². The van der Waals surface area contributed by atoms with Crippen LogP contribution in [-0.4, -0.2) is 84.0 Å². The molecule has 3 amide bonds. The van der Waals surface area contributed by atoms with E-state index >= 15 is 0 Å². The molecule has 13 nitrogen and oxygen atoms in total. The fourth-order valence-corrected chi connectivity index (χ4v) is 3.71. The monoisotopic (exact) mass is 532 g/mol. The maximum Gasteiger partial charge on any atom is 0.326 e. The van der Waals surface area contributed by atoms with Crippen molar-refractivity contribution in [3.8, 4) is 0 Å². The number of amides is 3. The van der Waals surface area contributed by atoms with Crippen molar-refractivity contribution in [3.05, 3.63) is 0 Å². The number of carbonyl (C=O) groups excluding carboxylic acids is 3. The number of nitrogens with one attached hydrogen (secondary N) is 3. The number of thioether (sulfide) groups is 1. The summed E-state index contributed by atoms with van der Waals surface area (Å²) < 4.78 is 0. The number of hydrogen-bond donors (Lipinski definition) is 8. The quantitative estimate of drug-likeness (QED) is 0.0540. The van der Waals surface area contributed by atoms with Gasteiger partial charge in [0.2, 0.25) is 17.7 Å². The first-order chi connectivity index (χ1) is 16.9. The van der Waals surface area contributed by atoms with Gasteiger partial charge < -0.3 is 44.0 Å². The predicted octanol–water partition coefficient (Wildman–Crippen LogP) is -1.56. The smallest absolute Gasteiger partial charge is 0.326 e. The van der Waals surface area contributed by atoms with Crippen LogP contribution in [0.5, 0.6) is 0 Å². The van der Waals surface area contributed by atoms with Crippen LogP contribution in [0.15, 0.2) is 4.99 Å². The van der Waals surface area contributed by atoms with Gasteiger partial charge >= 0.3 is 5.97 Å². The normalized spacial score (nSPS) is 14.3. The van der Waals surface area contributed by atoms with Crippen LogP contribution in [0.4, 0.5) is 0 Å². The Bertz CT molecular complexity index is 733. The minimum absolute atomic E-state index is 0.0483. The summed E-state index contributed by atoms with van der Waals surface area (Å²) in [4.78, 5) is 54.0. The third-order valence-electron chi connectivity index (χ3n) is 5.36. The molecule has 0 rings (SSSR count). The van der Waals surface area contributed by atoms with Crippen molar-refractivity contribution >= 4 is 41.4 Å². The SMILES string of the molecule is CSCCC(NC(=O)C(CCCCN)NC(=O)C(N)CCCN=C(N)N)C(=O)NC(C(=O)O)C(C)C. The van der Waals surface area contributed by atoms with E-state index < -0.39 is 47.9 Å². The van der Waals surface area contributed by atoms with E-state index in [0.29, 0.717) is 50.9 Å². The molecule has 0 bridgehead atoms. The summed E-state index contributed by atoms with van der Waals surface area (Å²) in [5, 5.41) is 17.3. The maximum atomic E-state index is 13.1. The first kappa shape index (κ1) is 33.4. The third kappa shape index (κ3) is 14.1. The molecule has 0 saturated heterocycles. The molecule has 208 valence electrons. The summed E-state index contributed by atoms with van der Waals surface area (Å²) in [6, 6.07) is -3.87. The highest BCUT2D eigenvalue weighted by molar-refractivity contribution is 7.98. The molecule has 36 heavy (non-hydrogen) atoms. The number of rotatable bonds is 19. The number of nitrogens with two attached hydrogens (primary N) is 4. The molecule has 0 fully saturated rings. The van der Waals surface area contributed by atoms with Crippen molar-refractivity contribution in [1.82, 2.24) is 16.0 Å². The molecule has 0 spiro atoms. The number of unbranched alkanes of at least 4 members (excludes halogenated alkanes) is 1. The standard InChI is InChI=1S/C22H44N8O5S/c1-13(2)17(21(34)35)30-20(33)16(9-12-36-3)29-19(32)15(8-4-5-10-23)28-18(31)14(24)7-6-11-27-22(25)26/h13-17H,4-12,23-24H2,1-3H3,(H,28,31)(H,29,32)(H,30,33)(H,34,35)(H4,25,26,27). The molecule has 0 aromatic rings. The van der Waals surface area contributed by atoms with Gasteiger partial charge in [-0.15, -0.1) is 0 Å². The van der Waals surface area contributed by atoms with Gasteiger partial charge in [-0.25, -0.2) is 4.79 Å². The lowest BCUT2D eigenvalue weighted by Gasteiger charge is -2.26. The summed E-state index contributed by atoms with van der Waals surface area (Å²) in [7, 11) is 0. The van der Waals surface area contributed by atoms with E-state index in [1.165, 1.54) is 11.8 Å². The molecule has 0 aromatic carbocycles. The Kier molecular flexibility index (Phi) is 17.3. The summed E-state index contributed by atoms with van der Waals surface area (Å²) in [5.74, 6) is -2.65. The zero-order valence-electron chi connectivity index (χ0n) is 21.5. The molecule has 0 saturated carbocycles. The molecular formula is C22H44N8O5S. The molecular weight excluding hydrogens is 488 g/mol. The van der Waals surface area contributed by atoms with Crippen molar-refractivity contribution in [2.24, 2.45) is 33.8 Å². The molecule has 0 aliphatic rings. The maximum absolute atomic E-state index is 13.1. The highest BCUT2D eigenvalue weighted by atomic mass is 32.2. The van der Waals surface area contributed by atoms with Crippen LogP contribution in [0.1, 0.15) is 52.4 Å². The second-order valence-electron chi connectivity index (χ2n) is 8.81. The van der Waals surface area contributed by atoms with E-state index in [4.69, 9.17) is 22.9 Å². The number of aliphatic carboxylic acids is 1. The lowest BCUT2D eigenvalue weighted by molar-refractivity contribution is -0.143. The zero-order valence-corrected chi connectivity index (χ0v) is 22.3. The molecule has 0 aliphatic carbocycles. The Hall–Kier alpha value is -2.58. The number of nitrogens with zero attached hydrogens (tertiary/aromatic N) is 1. The first-order valence-electron chi connectivity index (χ1n) is 12.1. The average Bonchev–Trinajstić information content (AvgIpc) is 2.81. The van der Waals surface area contributed by atoms with Crippen molar-refractivity contribution in [1.29, 1.82) is 0 Å². The van der Waals surface area contributed by atoms with E-state index in [9.17, 15) is 24.3 Å². The summed E-state index contributed by atoms with van der Waals surface area (Å²) in [6.07, 6.45) is 4.46. The van der Waals surface area contributed by atoms with E-state index in [0.717, 1.165) is 0 Å².